The number of aliphatic carboxylic acids is 1. The zero-order valence-electron chi connectivity index (χ0n) is 20.0. The van der Waals surface area contributed by atoms with Crippen LogP contribution in [0.25, 0.3) is 10.9 Å². The maximum Gasteiger partial charge on any atom is 0.335 e. The second-order valence-corrected chi connectivity index (χ2v) is 9.62. The van der Waals surface area contributed by atoms with Crippen LogP contribution in [0, 0.1) is 11.8 Å². The second-order valence-electron chi connectivity index (χ2n) is 9.62. The van der Waals surface area contributed by atoms with Crippen molar-refractivity contribution in [3.05, 3.63) is 71.4 Å². The van der Waals surface area contributed by atoms with E-state index in [1.54, 1.807) is 24.4 Å². The smallest absolute Gasteiger partial charge is 0.335 e. The van der Waals surface area contributed by atoms with Gasteiger partial charge in [0.2, 0.25) is 5.91 Å². The van der Waals surface area contributed by atoms with E-state index in [1.165, 1.54) is 6.07 Å². The molecule has 1 aliphatic carbocycles. The summed E-state index contributed by atoms with van der Waals surface area (Å²) in [4.78, 5) is 40.5. The van der Waals surface area contributed by atoms with E-state index in [9.17, 15) is 29.7 Å². The van der Waals surface area contributed by atoms with Gasteiger partial charge in [-0.3, -0.25) is 4.79 Å². The number of para-hydroxylation sites is 1. The molecule has 8 nitrogen and oxygen atoms in total. The third-order valence-electron chi connectivity index (χ3n) is 7.28. The number of rotatable bonds is 10. The quantitative estimate of drug-likeness (QED) is 0.292. The Morgan fingerprint density at radius 1 is 0.917 bits per heavy atom. The maximum atomic E-state index is 13.5. The van der Waals surface area contributed by atoms with Gasteiger partial charge in [0, 0.05) is 23.5 Å². The van der Waals surface area contributed by atoms with E-state index < -0.39 is 35.9 Å². The predicted molar refractivity (Wildman–Crippen MR) is 135 cm³/mol. The number of aromatic nitrogens is 1. The number of aliphatic hydroxyl groups excluding tert-OH is 1. The molecule has 36 heavy (non-hydrogen) atoms. The van der Waals surface area contributed by atoms with Crippen LogP contribution in [0.5, 0.6) is 0 Å². The SMILES string of the molecule is O=C(O)c1ccccc1CC(C(=O)N[C@@H](Cc1c[nH]c2ccccc12)C(=O)O)C(O)C1CCCCC1. The number of amides is 1. The van der Waals surface area contributed by atoms with E-state index in [4.69, 9.17) is 0 Å². The molecule has 190 valence electrons. The fraction of sp³-hybridized carbons (Fsp3) is 0.393. The lowest BCUT2D eigenvalue weighted by Gasteiger charge is -2.32. The van der Waals surface area contributed by atoms with Crippen LogP contribution in [0.2, 0.25) is 0 Å². The first-order valence-corrected chi connectivity index (χ1v) is 12.4. The highest BCUT2D eigenvalue weighted by molar-refractivity contribution is 5.90. The molecule has 4 rings (SSSR count). The number of hydrogen-bond donors (Lipinski definition) is 5. The summed E-state index contributed by atoms with van der Waals surface area (Å²) < 4.78 is 0. The molecule has 1 aromatic heterocycles. The Morgan fingerprint density at radius 3 is 2.33 bits per heavy atom. The molecule has 1 aliphatic rings. The Labute approximate surface area is 209 Å². The highest BCUT2D eigenvalue weighted by Crippen LogP contribution is 2.31. The van der Waals surface area contributed by atoms with Crippen molar-refractivity contribution in [2.45, 2.75) is 57.1 Å². The van der Waals surface area contributed by atoms with Gasteiger partial charge in [0.05, 0.1) is 17.6 Å². The number of hydrogen-bond acceptors (Lipinski definition) is 4. The lowest BCUT2D eigenvalue weighted by Crippen LogP contribution is -2.49. The van der Waals surface area contributed by atoms with E-state index in [2.05, 4.69) is 10.3 Å². The van der Waals surface area contributed by atoms with Gasteiger partial charge < -0.3 is 25.6 Å². The van der Waals surface area contributed by atoms with Crippen LogP contribution in [0.1, 0.15) is 53.6 Å². The summed E-state index contributed by atoms with van der Waals surface area (Å²) in [5.74, 6) is -3.94. The molecule has 3 atom stereocenters. The van der Waals surface area contributed by atoms with Gasteiger partial charge in [0.15, 0.2) is 0 Å². The minimum atomic E-state index is -1.20. The molecule has 3 aromatic rings. The molecule has 2 unspecified atom stereocenters. The van der Waals surface area contributed by atoms with Crippen LogP contribution in [0.3, 0.4) is 0 Å². The van der Waals surface area contributed by atoms with Gasteiger partial charge in [-0.25, -0.2) is 9.59 Å². The number of aromatic amines is 1. The van der Waals surface area contributed by atoms with Crippen molar-refractivity contribution in [1.29, 1.82) is 0 Å². The number of carboxylic acid groups (broad SMARTS) is 2. The first-order chi connectivity index (χ1) is 17.3. The lowest BCUT2D eigenvalue weighted by atomic mass is 9.77. The molecule has 8 heteroatoms. The normalized spacial score (nSPS) is 16.8. The largest absolute Gasteiger partial charge is 0.480 e. The monoisotopic (exact) mass is 492 g/mol. The van der Waals surface area contributed by atoms with Crippen LogP contribution in [-0.4, -0.2) is 50.3 Å². The molecule has 0 spiro atoms. The van der Waals surface area contributed by atoms with Gasteiger partial charge in [-0.2, -0.15) is 0 Å². The number of carbonyl (C=O) groups is 3. The number of benzene rings is 2. The van der Waals surface area contributed by atoms with Crippen molar-refractivity contribution < 1.29 is 29.7 Å². The maximum absolute atomic E-state index is 13.5. The molecule has 1 fully saturated rings. The molecule has 5 N–H and O–H groups in total. The summed E-state index contributed by atoms with van der Waals surface area (Å²) in [7, 11) is 0. The zero-order chi connectivity index (χ0) is 25.7. The van der Waals surface area contributed by atoms with E-state index in [0.717, 1.165) is 48.6 Å². The summed E-state index contributed by atoms with van der Waals surface area (Å²) in [5.41, 5.74) is 2.14. The molecular weight excluding hydrogens is 460 g/mol. The summed E-state index contributed by atoms with van der Waals surface area (Å²) in [5, 5.41) is 34.3. The average Bonchev–Trinajstić information content (AvgIpc) is 3.29. The van der Waals surface area contributed by atoms with E-state index >= 15 is 0 Å². The zero-order valence-corrected chi connectivity index (χ0v) is 20.0. The number of carboxylic acids is 2. The van der Waals surface area contributed by atoms with Gasteiger partial charge in [0.1, 0.15) is 6.04 Å². The van der Waals surface area contributed by atoms with E-state index in [-0.39, 0.29) is 24.3 Å². The number of fused-ring (bicyclic) bond motifs is 1. The fourth-order valence-electron chi connectivity index (χ4n) is 5.32. The number of nitrogens with one attached hydrogen (secondary N) is 2. The first kappa shape index (κ1) is 25.4. The van der Waals surface area contributed by atoms with Crippen LogP contribution in [0.15, 0.2) is 54.7 Å². The molecule has 1 saturated carbocycles. The van der Waals surface area contributed by atoms with Gasteiger partial charge in [-0.15, -0.1) is 0 Å². The fourth-order valence-corrected chi connectivity index (χ4v) is 5.32. The van der Waals surface area contributed by atoms with Crippen LogP contribution < -0.4 is 5.32 Å². The minimum Gasteiger partial charge on any atom is -0.480 e. The molecule has 1 heterocycles. The Hall–Kier alpha value is -3.65. The standard InChI is InChI=1S/C28H32N2O6/c31-25(17-8-2-1-3-9-17)22(14-18-10-4-5-12-21(18)27(33)34)26(32)30-24(28(35)36)15-19-16-29-23-13-7-6-11-20(19)23/h4-7,10-13,16-17,22,24-25,29,31H,1-3,8-9,14-15H2,(H,30,32)(H,33,34)(H,35,36)/t22?,24-,25?/m0/s1. The Kier molecular flexibility index (Phi) is 8.05. The molecule has 0 aliphatic heterocycles. The number of H-pyrrole nitrogens is 1. The van der Waals surface area contributed by atoms with Crippen molar-refractivity contribution in [3.8, 4) is 0 Å². The highest BCUT2D eigenvalue weighted by atomic mass is 16.4. The highest BCUT2D eigenvalue weighted by Gasteiger charge is 2.36. The van der Waals surface area contributed by atoms with Crippen LogP contribution in [-0.2, 0) is 22.4 Å². The Bertz CT molecular complexity index is 1230. The van der Waals surface area contributed by atoms with Crippen LogP contribution >= 0.6 is 0 Å². The number of aliphatic hydroxyl groups is 1. The summed E-state index contributed by atoms with van der Waals surface area (Å²) >= 11 is 0. The van der Waals surface area contributed by atoms with Crippen molar-refractivity contribution in [2.24, 2.45) is 11.8 Å². The van der Waals surface area contributed by atoms with Gasteiger partial charge in [-0.1, -0.05) is 55.7 Å². The third kappa shape index (κ3) is 5.76. The number of carbonyl (C=O) groups excluding carboxylic acids is 1. The molecule has 1 amide bonds. The van der Waals surface area contributed by atoms with Gasteiger partial charge in [0.25, 0.3) is 0 Å². The minimum absolute atomic E-state index is 0.00535. The van der Waals surface area contributed by atoms with Gasteiger partial charge in [-0.05, 0) is 48.4 Å². The summed E-state index contributed by atoms with van der Waals surface area (Å²) in [6, 6.07) is 12.7. The lowest BCUT2D eigenvalue weighted by molar-refractivity contribution is -0.143. The molecule has 2 aromatic carbocycles. The van der Waals surface area contributed by atoms with Gasteiger partial charge >= 0.3 is 11.9 Å². The number of aromatic carboxylic acids is 1. The molecule has 0 bridgehead atoms. The Morgan fingerprint density at radius 2 is 1.61 bits per heavy atom. The topological polar surface area (TPSA) is 140 Å². The van der Waals surface area contributed by atoms with E-state index in [0.29, 0.717) is 5.56 Å². The average molecular weight is 493 g/mol. The van der Waals surface area contributed by atoms with Crippen molar-refractivity contribution in [3.63, 3.8) is 0 Å². The summed E-state index contributed by atoms with van der Waals surface area (Å²) in [6.07, 6.45) is 5.37. The Balaban J connectivity index is 1.59. The van der Waals surface area contributed by atoms with E-state index in [1.807, 2.05) is 24.3 Å². The first-order valence-electron chi connectivity index (χ1n) is 12.4. The third-order valence-corrected chi connectivity index (χ3v) is 7.28. The molecular formula is C28H32N2O6. The summed E-state index contributed by atoms with van der Waals surface area (Å²) in [6.45, 7) is 0. The molecule has 0 radical (unpaired) electrons. The predicted octanol–water partition coefficient (Wildman–Crippen LogP) is 3.78. The second kappa shape index (κ2) is 11.4. The molecule has 0 saturated heterocycles. The van der Waals surface area contributed by atoms with Crippen molar-refractivity contribution >= 4 is 28.7 Å². The van der Waals surface area contributed by atoms with Crippen molar-refractivity contribution in [1.82, 2.24) is 10.3 Å². The van der Waals surface area contributed by atoms with Crippen LogP contribution in [0.4, 0.5) is 0 Å². The van der Waals surface area contributed by atoms with Crippen molar-refractivity contribution in [2.75, 3.05) is 0 Å².